The van der Waals surface area contributed by atoms with E-state index in [2.05, 4.69) is 0 Å². The van der Waals surface area contributed by atoms with Crippen molar-refractivity contribution in [2.24, 2.45) is 23.7 Å². The van der Waals surface area contributed by atoms with E-state index >= 15 is 4.39 Å². The third kappa shape index (κ3) is 4.11. The van der Waals surface area contributed by atoms with Crippen LogP contribution in [0.4, 0.5) is 4.39 Å². The van der Waals surface area contributed by atoms with Gasteiger partial charge in [0.05, 0.1) is 29.3 Å². The second-order valence-corrected chi connectivity index (χ2v) is 12.5. The first-order chi connectivity index (χ1) is 18.7. The topological polar surface area (TPSA) is 91.8 Å². The van der Waals surface area contributed by atoms with Crippen molar-refractivity contribution in [2.75, 3.05) is 6.54 Å². The number of amides is 2. The van der Waals surface area contributed by atoms with Crippen molar-refractivity contribution < 1.29 is 27.2 Å². The van der Waals surface area contributed by atoms with Crippen LogP contribution in [-0.4, -0.2) is 41.8 Å². The normalized spacial score (nSPS) is 27.1. The van der Waals surface area contributed by atoms with Crippen LogP contribution in [0, 0.1) is 36.4 Å². The monoisotopic (exact) mass is 546 g/mol. The van der Waals surface area contributed by atoms with Gasteiger partial charge >= 0.3 is 0 Å². The molecule has 39 heavy (non-hydrogen) atoms. The maximum atomic E-state index is 15.2. The van der Waals surface area contributed by atoms with E-state index in [1.54, 1.807) is 18.2 Å². The first-order valence-corrected chi connectivity index (χ1v) is 14.4. The third-order valence-corrected chi connectivity index (χ3v) is 10.2. The van der Waals surface area contributed by atoms with Gasteiger partial charge in [0.1, 0.15) is 11.6 Å². The Kier molecular flexibility index (Phi) is 6.23. The van der Waals surface area contributed by atoms with E-state index < -0.39 is 57.4 Å². The van der Waals surface area contributed by atoms with E-state index in [4.69, 9.17) is 0 Å². The van der Waals surface area contributed by atoms with Gasteiger partial charge in [0, 0.05) is 24.4 Å². The van der Waals surface area contributed by atoms with Gasteiger partial charge in [-0.2, -0.15) is 4.31 Å². The van der Waals surface area contributed by atoms with Crippen molar-refractivity contribution in [3.63, 3.8) is 0 Å². The predicted molar refractivity (Wildman–Crippen MR) is 140 cm³/mol. The van der Waals surface area contributed by atoms with Crippen molar-refractivity contribution in [1.29, 1.82) is 0 Å². The standard InChI is InChI=1S/C30H27FN2O5S/c1-18-11-13-20(14-12-18)39(37,38)33-17-23-26-22(29(35)32(30(26)36)16-19-7-3-2-4-8-19)15-25(34)27(23)28(33)21-9-5-6-10-24(21)31/h2-14,22-23,26-28H,15-17H2,1H3/t22-,23-,26-,27-,28-/m0/s1. The highest BCUT2D eigenvalue weighted by molar-refractivity contribution is 7.89. The van der Waals surface area contributed by atoms with Gasteiger partial charge < -0.3 is 0 Å². The lowest BCUT2D eigenvalue weighted by atomic mass is 9.66. The van der Waals surface area contributed by atoms with Gasteiger partial charge in [0.15, 0.2) is 0 Å². The number of imide groups is 1. The molecule has 0 unspecified atom stereocenters. The SMILES string of the molecule is Cc1ccc(S(=O)(=O)N2C[C@H]3[C@H]4C(=O)N(Cc5ccccc5)C(=O)[C@H]4CC(=O)[C@H]3[C@@H]2c2ccccc2F)cc1. The number of carbonyl (C=O) groups is 3. The lowest BCUT2D eigenvalue weighted by Gasteiger charge is -2.33. The number of rotatable bonds is 5. The quantitative estimate of drug-likeness (QED) is 0.453. The summed E-state index contributed by atoms with van der Waals surface area (Å²) in [4.78, 5) is 42.0. The molecule has 6 rings (SSSR count). The van der Waals surface area contributed by atoms with Crippen molar-refractivity contribution in [3.8, 4) is 0 Å². The Labute approximate surface area is 226 Å². The number of hydrogen-bond donors (Lipinski definition) is 0. The largest absolute Gasteiger partial charge is 0.299 e. The van der Waals surface area contributed by atoms with Crippen LogP contribution >= 0.6 is 0 Å². The Hall–Kier alpha value is -3.69. The fraction of sp³-hybridized carbons (Fsp3) is 0.300. The molecule has 1 saturated carbocycles. The summed E-state index contributed by atoms with van der Waals surface area (Å²) in [5.41, 5.74) is 1.74. The van der Waals surface area contributed by atoms with Crippen molar-refractivity contribution in [2.45, 2.75) is 30.8 Å². The number of nitrogens with zero attached hydrogens (tertiary/aromatic N) is 2. The number of carbonyl (C=O) groups excluding carboxylic acids is 3. The number of Topliss-reactive ketones (excluding diaryl/α,β-unsaturated/α-hetero) is 1. The Morgan fingerprint density at radius 3 is 2.21 bits per heavy atom. The Morgan fingerprint density at radius 1 is 0.846 bits per heavy atom. The van der Waals surface area contributed by atoms with Crippen LogP contribution in [0.5, 0.6) is 0 Å². The molecule has 9 heteroatoms. The lowest BCUT2D eigenvalue weighted by molar-refractivity contribution is -0.141. The van der Waals surface area contributed by atoms with Crippen LogP contribution in [0.2, 0.25) is 0 Å². The Morgan fingerprint density at radius 2 is 1.51 bits per heavy atom. The molecule has 5 atom stereocenters. The predicted octanol–water partition coefficient (Wildman–Crippen LogP) is 3.89. The van der Waals surface area contributed by atoms with Gasteiger partial charge in [-0.15, -0.1) is 0 Å². The summed E-state index contributed by atoms with van der Waals surface area (Å²) in [6.45, 7) is 1.76. The summed E-state index contributed by atoms with van der Waals surface area (Å²) < 4.78 is 44.3. The molecule has 0 radical (unpaired) electrons. The second kappa shape index (κ2) is 9.50. The highest BCUT2D eigenvalue weighted by Crippen LogP contribution is 2.54. The Bertz CT molecular complexity index is 1570. The summed E-state index contributed by atoms with van der Waals surface area (Å²) in [5, 5.41) is 0. The van der Waals surface area contributed by atoms with Gasteiger partial charge in [-0.3, -0.25) is 19.3 Å². The number of fused-ring (bicyclic) bond motifs is 3. The zero-order valence-electron chi connectivity index (χ0n) is 21.2. The number of hydrogen-bond acceptors (Lipinski definition) is 5. The molecule has 3 fully saturated rings. The number of benzene rings is 3. The summed E-state index contributed by atoms with van der Waals surface area (Å²) in [7, 11) is -4.17. The summed E-state index contributed by atoms with van der Waals surface area (Å²) in [6, 6.07) is 20.1. The maximum Gasteiger partial charge on any atom is 0.243 e. The smallest absolute Gasteiger partial charge is 0.243 e. The average molecular weight is 547 g/mol. The van der Waals surface area contributed by atoms with Crippen LogP contribution in [0.25, 0.3) is 0 Å². The van der Waals surface area contributed by atoms with E-state index in [-0.39, 0.29) is 35.8 Å². The molecule has 0 bridgehead atoms. The van der Waals surface area contributed by atoms with E-state index in [1.807, 2.05) is 37.3 Å². The molecule has 3 aromatic carbocycles. The molecule has 2 heterocycles. The zero-order chi connectivity index (χ0) is 27.5. The van der Waals surface area contributed by atoms with Gasteiger partial charge in [-0.05, 0) is 36.6 Å². The summed E-state index contributed by atoms with van der Waals surface area (Å²) in [6.07, 6.45) is -0.176. The Balaban J connectivity index is 1.43. The van der Waals surface area contributed by atoms with Crippen LogP contribution in [0.15, 0.2) is 83.8 Å². The average Bonchev–Trinajstić information content (AvgIpc) is 3.43. The van der Waals surface area contributed by atoms with Crippen LogP contribution in [-0.2, 0) is 31.0 Å². The van der Waals surface area contributed by atoms with Crippen molar-refractivity contribution in [1.82, 2.24) is 9.21 Å². The molecule has 3 aromatic rings. The van der Waals surface area contributed by atoms with Gasteiger partial charge in [-0.1, -0.05) is 66.2 Å². The molecule has 200 valence electrons. The second-order valence-electron chi connectivity index (χ2n) is 10.6. The van der Waals surface area contributed by atoms with Gasteiger partial charge in [0.2, 0.25) is 21.8 Å². The van der Waals surface area contributed by atoms with E-state index in [9.17, 15) is 22.8 Å². The lowest BCUT2D eigenvalue weighted by Crippen LogP contribution is -2.42. The molecular formula is C30H27FN2O5S. The molecule has 0 spiro atoms. The number of aryl methyl sites for hydroxylation is 1. The molecule has 1 aliphatic carbocycles. The minimum Gasteiger partial charge on any atom is -0.299 e. The number of likely N-dealkylation sites (tertiary alicyclic amines) is 1. The summed E-state index contributed by atoms with van der Waals surface area (Å²) in [5.74, 6) is -5.16. The molecule has 0 N–H and O–H groups in total. The molecule has 2 saturated heterocycles. The van der Waals surface area contributed by atoms with E-state index in [0.29, 0.717) is 0 Å². The highest BCUT2D eigenvalue weighted by Gasteiger charge is 2.63. The third-order valence-electron chi connectivity index (χ3n) is 8.36. The zero-order valence-corrected chi connectivity index (χ0v) is 22.1. The molecule has 2 amide bonds. The number of sulfonamides is 1. The summed E-state index contributed by atoms with van der Waals surface area (Å²) >= 11 is 0. The molecular weight excluding hydrogens is 519 g/mol. The fourth-order valence-corrected chi connectivity index (χ4v) is 8.20. The molecule has 2 aliphatic heterocycles. The molecule has 3 aliphatic rings. The van der Waals surface area contributed by atoms with E-state index in [0.717, 1.165) is 11.1 Å². The highest BCUT2D eigenvalue weighted by atomic mass is 32.2. The van der Waals surface area contributed by atoms with Gasteiger partial charge in [-0.25, -0.2) is 12.8 Å². The number of halogens is 1. The minimum absolute atomic E-state index is 0.0246. The molecule has 0 aromatic heterocycles. The first kappa shape index (κ1) is 25.6. The van der Waals surface area contributed by atoms with Crippen LogP contribution in [0.1, 0.15) is 29.2 Å². The van der Waals surface area contributed by atoms with Crippen molar-refractivity contribution >= 4 is 27.6 Å². The minimum atomic E-state index is -4.17. The van der Waals surface area contributed by atoms with Crippen molar-refractivity contribution in [3.05, 3.63) is 101 Å². The number of ketones is 1. The maximum absolute atomic E-state index is 15.2. The van der Waals surface area contributed by atoms with E-state index in [1.165, 1.54) is 39.5 Å². The first-order valence-electron chi connectivity index (χ1n) is 12.9. The van der Waals surface area contributed by atoms with Crippen LogP contribution in [0.3, 0.4) is 0 Å². The fourth-order valence-electron chi connectivity index (χ4n) is 6.54. The van der Waals surface area contributed by atoms with Gasteiger partial charge in [0.25, 0.3) is 0 Å². The van der Waals surface area contributed by atoms with Crippen LogP contribution < -0.4 is 0 Å². The molecule has 7 nitrogen and oxygen atoms in total.